The number of likely N-dealkylation sites (tertiary alicyclic amines) is 1. The number of carbonyl (C=O) groups excluding carboxylic acids is 1. The lowest BCUT2D eigenvalue weighted by atomic mass is 10.1. The molecule has 1 aliphatic heterocycles. The summed E-state index contributed by atoms with van der Waals surface area (Å²) in [4.78, 5) is 14.3. The molecule has 1 heterocycles. The van der Waals surface area contributed by atoms with Crippen LogP contribution < -0.4 is 14.2 Å². The minimum absolute atomic E-state index is 0.0186. The highest BCUT2D eigenvalue weighted by molar-refractivity contribution is 6.21. The lowest BCUT2D eigenvalue weighted by molar-refractivity contribution is 0.0789. The Balaban J connectivity index is 2.38. The molecule has 0 radical (unpaired) electrons. The summed E-state index contributed by atoms with van der Waals surface area (Å²) in [6.07, 6.45) is 0.808. The van der Waals surface area contributed by atoms with Crippen molar-refractivity contribution in [1.29, 1.82) is 0 Å². The number of ether oxygens (including phenoxy) is 3. The molecule has 0 aliphatic carbocycles. The molecule has 0 aromatic heterocycles. The molecule has 1 aliphatic rings. The van der Waals surface area contributed by atoms with Gasteiger partial charge in [-0.05, 0) is 18.6 Å². The summed E-state index contributed by atoms with van der Waals surface area (Å²) in [5, 5.41) is 0.0186. The van der Waals surface area contributed by atoms with E-state index in [4.69, 9.17) is 25.8 Å². The number of halogens is 1. The molecule has 0 saturated carbocycles. The van der Waals surface area contributed by atoms with E-state index >= 15 is 0 Å². The third-order valence-corrected chi connectivity index (χ3v) is 3.71. The molecule has 0 N–H and O–H groups in total. The molecular weight excluding hydrogens is 282 g/mol. The van der Waals surface area contributed by atoms with Crippen LogP contribution in [0, 0.1) is 0 Å². The van der Waals surface area contributed by atoms with Gasteiger partial charge in [-0.1, -0.05) is 0 Å². The van der Waals surface area contributed by atoms with Crippen LogP contribution >= 0.6 is 11.6 Å². The summed E-state index contributed by atoms with van der Waals surface area (Å²) < 4.78 is 15.8. The van der Waals surface area contributed by atoms with Crippen molar-refractivity contribution < 1.29 is 19.0 Å². The Morgan fingerprint density at radius 2 is 1.90 bits per heavy atom. The highest BCUT2D eigenvalue weighted by Crippen LogP contribution is 2.40. The summed E-state index contributed by atoms with van der Waals surface area (Å²) in [5.41, 5.74) is 0.455. The van der Waals surface area contributed by atoms with E-state index < -0.39 is 0 Å². The van der Waals surface area contributed by atoms with Crippen LogP contribution in [0.2, 0.25) is 0 Å². The predicted octanol–water partition coefficient (Wildman–Crippen LogP) is 2.17. The molecule has 1 fully saturated rings. The van der Waals surface area contributed by atoms with Crippen molar-refractivity contribution in [1.82, 2.24) is 4.90 Å². The number of rotatable bonds is 4. The third-order valence-electron chi connectivity index (χ3n) is 3.35. The van der Waals surface area contributed by atoms with E-state index in [1.54, 1.807) is 17.0 Å². The maximum Gasteiger partial charge on any atom is 0.257 e. The lowest BCUT2D eigenvalue weighted by Crippen LogP contribution is -2.29. The average Bonchev–Trinajstić information content (AvgIpc) is 2.91. The number of alkyl halides is 1. The van der Waals surface area contributed by atoms with Crippen molar-refractivity contribution in [2.45, 2.75) is 11.8 Å². The van der Waals surface area contributed by atoms with Gasteiger partial charge in [0.25, 0.3) is 5.91 Å². The summed E-state index contributed by atoms with van der Waals surface area (Å²) in [6.45, 7) is 1.21. The zero-order valence-electron chi connectivity index (χ0n) is 11.8. The quantitative estimate of drug-likeness (QED) is 0.800. The van der Waals surface area contributed by atoms with Crippen LogP contribution in [-0.2, 0) is 0 Å². The molecule has 0 bridgehead atoms. The van der Waals surface area contributed by atoms with Gasteiger partial charge in [-0.25, -0.2) is 0 Å². The molecule has 1 saturated heterocycles. The van der Waals surface area contributed by atoms with E-state index in [0.717, 1.165) is 6.42 Å². The zero-order valence-corrected chi connectivity index (χ0v) is 12.6. The summed E-state index contributed by atoms with van der Waals surface area (Å²) >= 11 is 6.05. The van der Waals surface area contributed by atoms with Gasteiger partial charge in [0.1, 0.15) is 0 Å². The molecule has 1 atom stereocenters. The van der Waals surface area contributed by atoms with Crippen molar-refractivity contribution in [2.24, 2.45) is 0 Å². The number of hydrogen-bond donors (Lipinski definition) is 0. The Hall–Kier alpha value is -1.62. The van der Waals surface area contributed by atoms with Crippen LogP contribution in [-0.4, -0.2) is 50.6 Å². The fourth-order valence-electron chi connectivity index (χ4n) is 2.34. The van der Waals surface area contributed by atoms with Gasteiger partial charge >= 0.3 is 0 Å². The van der Waals surface area contributed by atoms with E-state index in [2.05, 4.69) is 0 Å². The van der Waals surface area contributed by atoms with Gasteiger partial charge in [0.05, 0.1) is 32.3 Å². The van der Waals surface area contributed by atoms with Crippen molar-refractivity contribution in [3.05, 3.63) is 17.7 Å². The van der Waals surface area contributed by atoms with Gasteiger partial charge in [0.15, 0.2) is 11.5 Å². The first-order valence-electron chi connectivity index (χ1n) is 6.34. The normalized spacial score (nSPS) is 18.0. The SMILES string of the molecule is COc1ccc(C(=O)N2CCC(Cl)C2)c(OC)c1OC. The Labute approximate surface area is 123 Å². The minimum atomic E-state index is -0.106. The van der Waals surface area contributed by atoms with E-state index in [0.29, 0.717) is 35.9 Å². The van der Waals surface area contributed by atoms with Crippen molar-refractivity contribution in [3.8, 4) is 17.2 Å². The molecule has 5 nitrogen and oxygen atoms in total. The number of methoxy groups -OCH3 is 3. The summed E-state index contributed by atoms with van der Waals surface area (Å²) in [7, 11) is 4.55. The van der Waals surface area contributed by atoms with Crippen molar-refractivity contribution >= 4 is 17.5 Å². The van der Waals surface area contributed by atoms with Gasteiger partial charge in [-0.15, -0.1) is 11.6 Å². The second-order valence-electron chi connectivity index (χ2n) is 4.52. The van der Waals surface area contributed by atoms with Crippen LogP contribution in [0.4, 0.5) is 0 Å². The van der Waals surface area contributed by atoms with Gasteiger partial charge in [-0.3, -0.25) is 4.79 Å². The van der Waals surface area contributed by atoms with Crippen LogP contribution in [0.1, 0.15) is 16.8 Å². The van der Waals surface area contributed by atoms with Crippen LogP contribution in [0.5, 0.6) is 17.2 Å². The molecule has 0 spiro atoms. The highest BCUT2D eigenvalue weighted by atomic mass is 35.5. The Morgan fingerprint density at radius 3 is 2.40 bits per heavy atom. The number of benzene rings is 1. The maximum absolute atomic E-state index is 12.5. The lowest BCUT2D eigenvalue weighted by Gasteiger charge is -2.19. The molecule has 1 unspecified atom stereocenters. The molecule has 20 heavy (non-hydrogen) atoms. The van der Waals surface area contributed by atoms with E-state index in [1.807, 2.05) is 0 Å². The smallest absolute Gasteiger partial charge is 0.257 e. The number of nitrogens with zero attached hydrogens (tertiary/aromatic N) is 1. The molecule has 1 aromatic carbocycles. The van der Waals surface area contributed by atoms with E-state index in [9.17, 15) is 4.79 Å². The second-order valence-corrected chi connectivity index (χ2v) is 5.14. The maximum atomic E-state index is 12.5. The fraction of sp³-hybridized carbons (Fsp3) is 0.500. The summed E-state index contributed by atoms with van der Waals surface area (Å²) in [5.74, 6) is 1.22. The van der Waals surface area contributed by atoms with Crippen LogP contribution in [0.3, 0.4) is 0 Å². The average molecular weight is 300 g/mol. The van der Waals surface area contributed by atoms with Gasteiger partial charge in [0, 0.05) is 13.1 Å². The minimum Gasteiger partial charge on any atom is -0.493 e. The Bertz CT molecular complexity index is 506. The largest absolute Gasteiger partial charge is 0.493 e. The molecule has 2 rings (SSSR count). The predicted molar refractivity (Wildman–Crippen MR) is 76.3 cm³/mol. The topological polar surface area (TPSA) is 48.0 Å². The molecule has 6 heteroatoms. The van der Waals surface area contributed by atoms with Crippen LogP contribution in [0.25, 0.3) is 0 Å². The van der Waals surface area contributed by atoms with E-state index in [-0.39, 0.29) is 11.3 Å². The molecule has 1 amide bonds. The fourth-order valence-corrected chi connectivity index (χ4v) is 2.61. The highest BCUT2D eigenvalue weighted by Gasteiger charge is 2.29. The summed E-state index contributed by atoms with van der Waals surface area (Å²) in [6, 6.07) is 3.38. The van der Waals surface area contributed by atoms with Crippen molar-refractivity contribution in [3.63, 3.8) is 0 Å². The van der Waals surface area contributed by atoms with Crippen molar-refractivity contribution in [2.75, 3.05) is 34.4 Å². The first-order valence-corrected chi connectivity index (χ1v) is 6.78. The first-order chi connectivity index (χ1) is 9.62. The Kier molecular flexibility index (Phi) is 4.60. The van der Waals surface area contributed by atoms with Gasteiger partial charge in [-0.2, -0.15) is 0 Å². The number of amides is 1. The van der Waals surface area contributed by atoms with Gasteiger partial charge < -0.3 is 19.1 Å². The molecule has 1 aromatic rings. The zero-order chi connectivity index (χ0) is 14.7. The number of carbonyl (C=O) groups is 1. The van der Waals surface area contributed by atoms with E-state index in [1.165, 1.54) is 21.3 Å². The molecular formula is C14H18ClNO4. The third kappa shape index (κ3) is 2.63. The Morgan fingerprint density at radius 1 is 1.20 bits per heavy atom. The number of hydrogen-bond acceptors (Lipinski definition) is 4. The monoisotopic (exact) mass is 299 g/mol. The van der Waals surface area contributed by atoms with Crippen LogP contribution in [0.15, 0.2) is 12.1 Å². The first kappa shape index (κ1) is 14.8. The van der Waals surface area contributed by atoms with Gasteiger partial charge in [0.2, 0.25) is 5.75 Å². The standard InChI is InChI=1S/C14H18ClNO4/c1-18-11-5-4-10(12(19-2)13(11)20-3)14(17)16-7-6-9(15)8-16/h4-5,9H,6-8H2,1-3H3. The molecule has 110 valence electrons. The second kappa shape index (κ2) is 6.22.